The van der Waals surface area contributed by atoms with Crippen LogP contribution < -0.4 is 5.32 Å². The van der Waals surface area contributed by atoms with Crippen molar-refractivity contribution in [3.63, 3.8) is 0 Å². The summed E-state index contributed by atoms with van der Waals surface area (Å²) in [6.07, 6.45) is 1.86. The first-order valence-corrected chi connectivity index (χ1v) is 12.9. The van der Waals surface area contributed by atoms with Gasteiger partial charge in [-0.25, -0.2) is 13.4 Å². The summed E-state index contributed by atoms with van der Waals surface area (Å²) in [5.41, 5.74) is 3.53. The lowest BCUT2D eigenvalue weighted by atomic mass is 9.94. The van der Waals surface area contributed by atoms with E-state index in [2.05, 4.69) is 16.4 Å². The van der Waals surface area contributed by atoms with E-state index in [-0.39, 0.29) is 36.7 Å². The minimum Gasteiger partial charge on any atom is -0.298 e. The lowest BCUT2D eigenvalue weighted by molar-refractivity contribution is 0.102. The Balaban J connectivity index is 1.49. The highest BCUT2D eigenvalue weighted by atomic mass is 32.2. The zero-order chi connectivity index (χ0) is 24.1. The summed E-state index contributed by atoms with van der Waals surface area (Å²) < 4.78 is 27.0. The highest BCUT2D eigenvalue weighted by Crippen LogP contribution is 2.38. The van der Waals surface area contributed by atoms with Crippen LogP contribution in [0.4, 0.5) is 5.13 Å². The minimum atomic E-state index is -3.89. The van der Waals surface area contributed by atoms with Crippen LogP contribution in [-0.4, -0.2) is 36.7 Å². The Bertz CT molecular complexity index is 1380. The molecule has 0 fully saturated rings. The standard InChI is InChI=1S/C24H21N5O3S2/c25-13-3-15-29(16-4-14-26)34(31,32)19-10-7-18(8-11-19)23(30)28-24-27-22-20-6-2-1-5-17(20)9-12-21(22)33-24/h1-2,5-8,10-11H,3-4,9,12,15-16H2,(H,27,28,30). The molecular weight excluding hydrogens is 470 g/mol. The average Bonchev–Trinajstić information content (AvgIpc) is 3.27. The first-order valence-electron chi connectivity index (χ1n) is 10.7. The van der Waals surface area contributed by atoms with Gasteiger partial charge in [-0.3, -0.25) is 10.1 Å². The number of fused-ring (bicyclic) bond motifs is 3. The highest BCUT2D eigenvalue weighted by molar-refractivity contribution is 7.89. The number of nitrogens with zero attached hydrogens (tertiary/aromatic N) is 4. The number of thiazole rings is 1. The van der Waals surface area contributed by atoms with Gasteiger partial charge in [-0.2, -0.15) is 14.8 Å². The fourth-order valence-electron chi connectivity index (χ4n) is 3.80. The number of nitriles is 2. The Labute approximate surface area is 202 Å². The van der Waals surface area contributed by atoms with E-state index in [0.29, 0.717) is 10.7 Å². The van der Waals surface area contributed by atoms with E-state index in [9.17, 15) is 13.2 Å². The van der Waals surface area contributed by atoms with Gasteiger partial charge >= 0.3 is 0 Å². The Morgan fingerprint density at radius 2 is 1.71 bits per heavy atom. The highest BCUT2D eigenvalue weighted by Gasteiger charge is 2.25. The third kappa shape index (κ3) is 4.85. The number of sulfonamides is 1. The van der Waals surface area contributed by atoms with Crippen LogP contribution in [0.15, 0.2) is 53.4 Å². The maximum atomic E-state index is 12.9. The molecule has 172 valence electrons. The van der Waals surface area contributed by atoms with Gasteiger partial charge in [0.2, 0.25) is 10.0 Å². The van der Waals surface area contributed by atoms with E-state index in [1.54, 1.807) is 0 Å². The molecule has 0 radical (unpaired) electrons. The number of hydrogen-bond donors (Lipinski definition) is 1. The van der Waals surface area contributed by atoms with Gasteiger partial charge < -0.3 is 0 Å². The van der Waals surface area contributed by atoms with Gasteiger partial charge in [0, 0.05) is 41.9 Å². The van der Waals surface area contributed by atoms with Crippen LogP contribution in [0.2, 0.25) is 0 Å². The van der Waals surface area contributed by atoms with Crippen LogP contribution >= 0.6 is 11.3 Å². The van der Waals surface area contributed by atoms with Crippen LogP contribution in [0.5, 0.6) is 0 Å². The summed E-state index contributed by atoms with van der Waals surface area (Å²) in [5.74, 6) is -0.380. The first-order chi connectivity index (χ1) is 16.4. The predicted octanol–water partition coefficient (Wildman–Crippen LogP) is 3.98. The molecule has 3 aromatic rings. The largest absolute Gasteiger partial charge is 0.298 e. The van der Waals surface area contributed by atoms with Gasteiger partial charge in [-0.15, -0.1) is 11.3 Å². The summed E-state index contributed by atoms with van der Waals surface area (Å²) in [5, 5.41) is 20.9. The maximum Gasteiger partial charge on any atom is 0.257 e. The molecule has 1 aliphatic rings. The molecule has 1 aromatic heterocycles. The molecule has 0 aliphatic heterocycles. The number of carbonyl (C=O) groups excluding carboxylic acids is 1. The number of rotatable bonds is 8. The zero-order valence-corrected chi connectivity index (χ0v) is 19.8. The van der Waals surface area contributed by atoms with Crippen molar-refractivity contribution < 1.29 is 13.2 Å². The minimum absolute atomic E-state index is 0.000589. The molecule has 34 heavy (non-hydrogen) atoms. The van der Waals surface area contributed by atoms with E-state index in [1.807, 2.05) is 30.3 Å². The summed E-state index contributed by atoms with van der Waals surface area (Å²) in [6, 6.07) is 17.6. The van der Waals surface area contributed by atoms with Crippen molar-refractivity contribution in [1.29, 1.82) is 10.5 Å². The second kappa shape index (κ2) is 10.1. The Morgan fingerprint density at radius 3 is 2.38 bits per heavy atom. The monoisotopic (exact) mass is 491 g/mol. The normalized spacial score (nSPS) is 12.3. The summed E-state index contributed by atoms with van der Waals surface area (Å²) in [4.78, 5) is 18.5. The molecule has 1 N–H and O–H groups in total. The van der Waals surface area contributed by atoms with E-state index in [4.69, 9.17) is 10.5 Å². The Kier molecular flexibility index (Phi) is 7.03. The lowest BCUT2D eigenvalue weighted by Crippen LogP contribution is -2.32. The van der Waals surface area contributed by atoms with Gasteiger partial charge in [-0.05, 0) is 42.7 Å². The number of nitrogens with one attached hydrogen (secondary N) is 1. The van der Waals surface area contributed by atoms with Crippen molar-refractivity contribution in [1.82, 2.24) is 9.29 Å². The molecule has 0 atom stereocenters. The molecule has 0 saturated carbocycles. The number of carbonyl (C=O) groups is 1. The summed E-state index contributed by atoms with van der Waals surface area (Å²) >= 11 is 1.45. The van der Waals surface area contributed by atoms with Crippen LogP contribution in [0, 0.1) is 22.7 Å². The maximum absolute atomic E-state index is 12.9. The molecule has 8 nitrogen and oxygen atoms in total. The van der Waals surface area contributed by atoms with Crippen LogP contribution in [0.1, 0.15) is 33.6 Å². The number of hydrogen-bond acceptors (Lipinski definition) is 7. The molecule has 1 aliphatic carbocycles. The molecule has 4 rings (SSSR count). The molecule has 10 heteroatoms. The van der Waals surface area contributed by atoms with Crippen molar-refractivity contribution in [3.8, 4) is 23.4 Å². The summed E-state index contributed by atoms with van der Waals surface area (Å²) in [6.45, 7) is 0.00118. The Morgan fingerprint density at radius 1 is 1.03 bits per heavy atom. The van der Waals surface area contributed by atoms with E-state index >= 15 is 0 Å². The van der Waals surface area contributed by atoms with Crippen molar-refractivity contribution in [2.75, 3.05) is 18.4 Å². The average molecular weight is 492 g/mol. The molecule has 0 saturated heterocycles. The van der Waals surface area contributed by atoms with Gasteiger partial charge in [0.05, 0.1) is 22.7 Å². The predicted molar refractivity (Wildman–Crippen MR) is 129 cm³/mol. The summed E-state index contributed by atoms with van der Waals surface area (Å²) in [7, 11) is -3.89. The second-order valence-electron chi connectivity index (χ2n) is 7.65. The number of amides is 1. The lowest BCUT2D eigenvalue weighted by Gasteiger charge is -2.20. The third-order valence-electron chi connectivity index (χ3n) is 5.51. The Hall–Kier alpha value is -3.57. The topological polar surface area (TPSA) is 127 Å². The molecule has 0 unspecified atom stereocenters. The van der Waals surface area contributed by atoms with E-state index < -0.39 is 10.0 Å². The van der Waals surface area contributed by atoms with Crippen molar-refractivity contribution in [3.05, 3.63) is 64.5 Å². The molecule has 0 spiro atoms. The van der Waals surface area contributed by atoms with Crippen LogP contribution in [0.3, 0.4) is 0 Å². The number of aromatic nitrogens is 1. The van der Waals surface area contributed by atoms with Gasteiger partial charge in [0.25, 0.3) is 5.91 Å². The number of anilines is 1. The molecule has 2 aromatic carbocycles. The fourth-order valence-corrected chi connectivity index (χ4v) is 6.21. The fraction of sp³-hybridized carbons (Fsp3) is 0.250. The van der Waals surface area contributed by atoms with Gasteiger partial charge in [0.15, 0.2) is 5.13 Å². The second-order valence-corrected chi connectivity index (χ2v) is 10.7. The molecular formula is C24H21N5O3S2. The van der Waals surface area contributed by atoms with Gasteiger partial charge in [0.1, 0.15) is 0 Å². The van der Waals surface area contributed by atoms with Crippen molar-refractivity contribution in [2.24, 2.45) is 0 Å². The molecule has 0 bridgehead atoms. The van der Waals surface area contributed by atoms with Crippen molar-refractivity contribution >= 4 is 32.4 Å². The zero-order valence-electron chi connectivity index (χ0n) is 18.2. The quantitative estimate of drug-likeness (QED) is 0.508. The SMILES string of the molecule is N#CCCN(CCC#N)S(=O)(=O)c1ccc(C(=O)Nc2nc3c(s2)CCc2ccccc2-3)cc1. The first kappa shape index (κ1) is 23.6. The molecule has 1 amide bonds. The van der Waals surface area contributed by atoms with Crippen LogP contribution in [-0.2, 0) is 22.9 Å². The van der Waals surface area contributed by atoms with Gasteiger partial charge in [-0.1, -0.05) is 24.3 Å². The molecule has 1 heterocycles. The van der Waals surface area contributed by atoms with Crippen molar-refractivity contribution in [2.45, 2.75) is 30.6 Å². The van der Waals surface area contributed by atoms with E-state index in [1.165, 1.54) is 41.2 Å². The van der Waals surface area contributed by atoms with E-state index in [0.717, 1.165) is 33.3 Å². The third-order valence-corrected chi connectivity index (χ3v) is 8.46. The number of benzene rings is 2. The number of aryl methyl sites for hydroxylation is 2. The smallest absolute Gasteiger partial charge is 0.257 e. The van der Waals surface area contributed by atoms with Crippen LogP contribution in [0.25, 0.3) is 11.3 Å².